The van der Waals surface area contributed by atoms with Crippen molar-refractivity contribution in [3.05, 3.63) is 36.4 Å². The number of rotatable bonds is 10. The summed E-state index contributed by atoms with van der Waals surface area (Å²) in [7, 11) is 7.20. The van der Waals surface area contributed by atoms with Crippen LogP contribution in [0.4, 0.5) is 0 Å². The molecule has 0 saturated heterocycles. The number of nitrogens with zero attached hydrogens (tertiary/aromatic N) is 2. The monoisotopic (exact) mass is 333 g/mol. The van der Waals surface area contributed by atoms with Gasteiger partial charge in [0.15, 0.2) is 17.5 Å². The van der Waals surface area contributed by atoms with E-state index in [1.54, 1.807) is 14.2 Å². The second-order valence-electron chi connectivity index (χ2n) is 5.62. The number of methoxy groups -OCH3 is 2. The third kappa shape index (κ3) is 6.52. The number of aliphatic imine (C=N–C) groups is 1. The predicted octanol–water partition coefficient (Wildman–Crippen LogP) is 3.11. The molecule has 0 aliphatic heterocycles. The zero-order valence-corrected chi connectivity index (χ0v) is 15.5. The number of benzene rings is 1. The molecule has 5 nitrogen and oxygen atoms in total. The Morgan fingerprint density at radius 3 is 2.62 bits per heavy atom. The summed E-state index contributed by atoms with van der Waals surface area (Å²) in [5.41, 5.74) is 1.24. The topological polar surface area (TPSA) is 46.1 Å². The molecule has 0 unspecified atom stereocenters. The molecule has 1 N–H and O–H groups in total. The molecule has 0 fully saturated rings. The van der Waals surface area contributed by atoms with Crippen LogP contribution in [0.5, 0.6) is 11.5 Å². The zero-order chi connectivity index (χ0) is 17.8. The Balaban J connectivity index is 2.40. The van der Waals surface area contributed by atoms with E-state index >= 15 is 0 Å². The lowest BCUT2D eigenvalue weighted by Gasteiger charge is -2.21. The first-order chi connectivity index (χ1) is 11.7. The van der Waals surface area contributed by atoms with E-state index in [0.717, 1.165) is 56.2 Å². The fourth-order valence-corrected chi connectivity index (χ4v) is 2.49. The summed E-state index contributed by atoms with van der Waals surface area (Å²) in [6, 6.07) is 6.07. The van der Waals surface area contributed by atoms with Gasteiger partial charge in [-0.2, -0.15) is 0 Å². The van der Waals surface area contributed by atoms with E-state index in [4.69, 9.17) is 9.47 Å². The molecule has 0 bridgehead atoms. The van der Waals surface area contributed by atoms with Crippen molar-refractivity contribution in [2.24, 2.45) is 4.99 Å². The molecular weight excluding hydrogens is 302 g/mol. The molecule has 24 heavy (non-hydrogen) atoms. The molecule has 5 heteroatoms. The zero-order valence-electron chi connectivity index (χ0n) is 15.5. The average Bonchev–Trinajstić information content (AvgIpc) is 2.61. The van der Waals surface area contributed by atoms with E-state index in [2.05, 4.69) is 34.9 Å². The number of unbranched alkanes of at least 4 members (excludes halogenated alkanes) is 1. The molecule has 0 aliphatic rings. The number of hydrogen-bond donors (Lipinski definition) is 1. The lowest BCUT2D eigenvalue weighted by atomic mass is 10.1. The smallest absolute Gasteiger partial charge is 0.193 e. The van der Waals surface area contributed by atoms with Crippen LogP contribution in [0.1, 0.15) is 24.8 Å². The number of nitrogens with one attached hydrogen (secondary N) is 1. The summed E-state index contributed by atoms with van der Waals surface area (Å²) in [5.74, 6) is 2.48. The Hall–Kier alpha value is -2.17. The van der Waals surface area contributed by atoms with Crippen LogP contribution in [0.15, 0.2) is 35.8 Å². The minimum atomic E-state index is 0.765. The SMILES string of the molecule is C=CCCCN(C)C(=NC)NCCCc1ccc(OC)c(OC)c1. The van der Waals surface area contributed by atoms with Crippen LogP contribution in [-0.2, 0) is 6.42 Å². The van der Waals surface area contributed by atoms with Crippen LogP contribution >= 0.6 is 0 Å². The van der Waals surface area contributed by atoms with E-state index in [1.807, 2.05) is 25.3 Å². The lowest BCUT2D eigenvalue weighted by Crippen LogP contribution is -2.39. The van der Waals surface area contributed by atoms with Gasteiger partial charge in [-0.3, -0.25) is 4.99 Å². The average molecular weight is 333 g/mol. The highest BCUT2D eigenvalue weighted by Crippen LogP contribution is 2.27. The van der Waals surface area contributed by atoms with Gasteiger partial charge in [0.1, 0.15) is 0 Å². The van der Waals surface area contributed by atoms with E-state index in [0.29, 0.717) is 0 Å². The van der Waals surface area contributed by atoms with Gasteiger partial charge in [0.25, 0.3) is 0 Å². The molecule has 0 radical (unpaired) electrons. The van der Waals surface area contributed by atoms with Gasteiger partial charge in [0.05, 0.1) is 14.2 Å². The van der Waals surface area contributed by atoms with E-state index < -0.39 is 0 Å². The van der Waals surface area contributed by atoms with Crippen LogP contribution < -0.4 is 14.8 Å². The fourth-order valence-electron chi connectivity index (χ4n) is 2.49. The van der Waals surface area contributed by atoms with Crippen molar-refractivity contribution in [3.63, 3.8) is 0 Å². The highest BCUT2D eigenvalue weighted by atomic mass is 16.5. The summed E-state index contributed by atoms with van der Waals surface area (Å²) in [6.45, 7) is 5.61. The van der Waals surface area contributed by atoms with Gasteiger partial charge < -0.3 is 19.7 Å². The largest absolute Gasteiger partial charge is 0.493 e. The molecule has 0 aromatic heterocycles. The van der Waals surface area contributed by atoms with E-state index in [9.17, 15) is 0 Å². The van der Waals surface area contributed by atoms with Crippen molar-refractivity contribution in [3.8, 4) is 11.5 Å². The van der Waals surface area contributed by atoms with Crippen LogP contribution in [0.3, 0.4) is 0 Å². The third-order valence-electron chi connectivity index (χ3n) is 3.85. The second kappa shape index (κ2) is 11.4. The van der Waals surface area contributed by atoms with Crippen molar-refractivity contribution in [1.29, 1.82) is 0 Å². The number of ether oxygens (including phenoxy) is 2. The number of allylic oxidation sites excluding steroid dienone is 1. The quantitative estimate of drug-likeness (QED) is 0.309. The maximum atomic E-state index is 5.34. The Kier molecular flexibility index (Phi) is 9.42. The normalized spacial score (nSPS) is 11.1. The van der Waals surface area contributed by atoms with Crippen molar-refractivity contribution >= 4 is 5.96 Å². The van der Waals surface area contributed by atoms with Gasteiger partial charge >= 0.3 is 0 Å². The molecule has 0 spiro atoms. The minimum absolute atomic E-state index is 0.765. The summed E-state index contributed by atoms with van der Waals surface area (Å²) in [6.07, 6.45) is 6.07. The highest BCUT2D eigenvalue weighted by Gasteiger charge is 2.06. The maximum absolute atomic E-state index is 5.34. The Bertz CT molecular complexity index is 529. The first-order valence-electron chi connectivity index (χ1n) is 8.39. The minimum Gasteiger partial charge on any atom is -0.493 e. The second-order valence-corrected chi connectivity index (χ2v) is 5.62. The molecule has 1 aromatic carbocycles. The van der Waals surface area contributed by atoms with E-state index in [1.165, 1.54) is 5.56 Å². The van der Waals surface area contributed by atoms with Gasteiger partial charge in [-0.25, -0.2) is 0 Å². The van der Waals surface area contributed by atoms with E-state index in [-0.39, 0.29) is 0 Å². The molecule has 0 atom stereocenters. The number of aryl methyl sites for hydroxylation is 1. The van der Waals surface area contributed by atoms with Gasteiger partial charge in [0, 0.05) is 27.2 Å². The van der Waals surface area contributed by atoms with Crippen molar-refractivity contribution in [2.75, 3.05) is 41.4 Å². The van der Waals surface area contributed by atoms with Gasteiger partial charge in [-0.15, -0.1) is 6.58 Å². The standard InChI is InChI=1S/C19H31N3O2/c1-6-7-8-14-22(3)19(20-2)21-13-9-10-16-11-12-17(23-4)18(15-16)24-5/h6,11-12,15H,1,7-10,13-14H2,2-5H3,(H,20,21). The predicted molar refractivity (Wildman–Crippen MR) is 101 cm³/mol. The molecule has 0 saturated carbocycles. The molecule has 0 amide bonds. The van der Waals surface area contributed by atoms with Crippen LogP contribution in [0.2, 0.25) is 0 Å². The van der Waals surface area contributed by atoms with Crippen LogP contribution in [-0.4, -0.2) is 52.3 Å². The van der Waals surface area contributed by atoms with Crippen molar-refractivity contribution in [1.82, 2.24) is 10.2 Å². The lowest BCUT2D eigenvalue weighted by molar-refractivity contribution is 0.354. The summed E-state index contributed by atoms with van der Waals surface area (Å²) in [5, 5.41) is 3.41. The maximum Gasteiger partial charge on any atom is 0.193 e. The first-order valence-corrected chi connectivity index (χ1v) is 8.39. The number of hydrogen-bond acceptors (Lipinski definition) is 3. The Morgan fingerprint density at radius 1 is 1.25 bits per heavy atom. The first kappa shape index (κ1) is 19.9. The summed E-state index contributed by atoms with van der Waals surface area (Å²) >= 11 is 0. The molecular formula is C19H31N3O2. The Morgan fingerprint density at radius 2 is 2.00 bits per heavy atom. The molecule has 0 aliphatic carbocycles. The van der Waals surface area contributed by atoms with Crippen molar-refractivity contribution < 1.29 is 9.47 Å². The molecule has 1 aromatic rings. The highest BCUT2D eigenvalue weighted by molar-refractivity contribution is 5.79. The third-order valence-corrected chi connectivity index (χ3v) is 3.85. The number of guanidine groups is 1. The van der Waals surface area contributed by atoms with Gasteiger partial charge in [0.2, 0.25) is 0 Å². The summed E-state index contributed by atoms with van der Waals surface area (Å²) < 4.78 is 10.6. The molecule has 1 rings (SSSR count). The summed E-state index contributed by atoms with van der Waals surface area (Å²) in [4.78, 5) is 6.48. The Labute approximate surface area is 146 Å². The van der Waals surface area contributed by atoms with Gasteiger partial charge in [-0.05, 0) is 43.4 Å². The van der Waals surface area contributed by atoms with Crippen LogP contribution in [0.25, 0.3) is 0 Å². The van der Waals surface area contributed by atoms with Crippen LogP contribution in [0, 0.1) is 0 Å². The molecule has 0 heterocycles. The fraction of sp³-hybridized carbons (Fsp3) is 0.526. The molecule has 134 valence electrons. The van der Waals surface area contributed by atoms with Gasteiger partial charge in [-0.1, -0.05) is 12.1 Å². The van der Waals surface area contributed by atoms with Crippen molar-refractivity contribution in [2.45, 2.75) is 25.7 Å².